The van der Waals surface area contributed by atoms with Crippen molar-refractivity contribution >= 4 is 11.9 Å². The van der Waals surface area contributed by atoms with E-state index < -0.39 is 0 Å². The summed E-state index contributed by atoms with van der Waals surface area (Å²) in [5.41, 5.74) is 0.856. The maximum absolute atomic E-state index is 12.1. The van der Waals surface area contributed by atoms with E-state index in [2.05, 4.69) is 5.32 Å². The number of amides is 3. The van der Waals surface area contributed by atoms with E-state index in [1.54, 1.807) is 4.90 Å². The molecule has 0 aliphatic carbocycles. The van der Waals surface area contributed by atoms with Gasteiger partial charge in [-0.3, -0.25) is 4.79 Å². The summed E-state index contributed by atoms with van der Waals surface area (Å²) in [6.45, 7) is 7.82. The molecule has 2 rings (SSSR count). The predicted molar refractivity (Wildman–Crippen MR) is 81.7 cm³/mol. The lowest BCUT2D eigenvalue weighted by molar-refractivity contribution is -0.140. The van der Waals surface area contributed by atoms with Crippen molar-refractivity contribution in [2.75, 3.05) is 19.6 Å². The van der Waals surface area contributed by atoms with Gasteiger partial charge in [0, 0.05) is 25.2 Å². The molecule has 0 spiro atoms. The molecule has 1 fully saturated rings. The third-order valence-electron chi connectivity index (χ3n) is 3.60. The molecule has 0 aromatic heterocycles. The molecular weight excluding hydrogens is 266 g/mol. The highest BCUT2D eigenvalue weighted by Crippen LogP contribution is 2.16. The number of hydrogen-bond acceptors (Lipinski definition) is 2. The molecule has 21 heavy (non-hydrogen) atoms. The molecule has 1 aliphatic heterocycles. The van der Waals surface area contributed by atoms with Crippen molar-refractivity contribution in [1.82, 2.24) is 15.1 Å². The topological polar surface area (TPSA) is 52.6 Å². The van der Waals surface area contributed by atoms with E-state index in [1.165, 1.54) is 0 Å². The lowest BCUT2D eigenvalue weighted by Crippen LogP contribution is -2.59. The maximum atomic E-state index is 12.1. The van der Waals surface area contributed by atoms with Gasteiger partial charge in [-0.1, -0.05) is 30.3 Å². The van der Waals surface area contributed by atoms with Gasteiger partial charge in [0.1, 0.15) is 6.54 Å². The Morgan fingerprint density at radius 3 is 2.43 bits per heavy atom. The first kappa shape index (κ1) is 15.4. The van der Waals surface area contributed by atoms with E-state index >= 15 is 0 Å². The molecule has 0 saturated carbocycles. The molecule has 1 aromatic carbocycles. The number of nitrogens with zero attached hydrogens (tertiary/aromatic N) is 2. The number of benzene rings is 1. The number of rotatable bonds is 2. The Labute approximate surface area is 125 Å². The Kier molecular flexibility index (Phi) is 4.50. The van der Waals surface area contributed by atoms with Crippen molar-refractivity contribution in [3.63, 3.8) is 0 Å². The van der Waals surface area contributed by atoms with E-state index in [0.29, 0.717) is 19.6 Å². The maximum Gasteiger partial charge on any atom is 0.318 e. The summed E-state index contributed by atoms with van der Waals surface area (Å²) in [5.74, 6) is 0.00334. The SMILES string of the molecule is CC(C)(C)N1CCN(C(=O)NCc2ccccc2)CC1=O. The normalized spacial score (nSPS) is 16.0. The van der Waals surface area contributed by atoms with E-state index in [0.717, 1.165) is 5.56 Å². The molecule has 0 atom stereocenters. The number of piperazine rings is 1. The van der Waals surface area contributed by atoms with Crippen molar-refractivity contribution < 1.29 is 9.59 Å². The first-order valence-corrected chi connectivity index (χ1v) is 7.25. The summed E-state index contributed by atoms with van der Waals surface area (Å²) in [5, 5.41) is 2.86. The summed E-state index contributed by atoms with van der Waals surface area (Å²) < 4.78 is 0. The van der Waals surface area contributed by atoms with E-state index in [-0.39, 0.29) is 24.0 Å². The van der Waals surface area contributed by atoms with Gasteiger partial charge in [-0.05, 0) is 26.3 Å². The summed E-state index contributed by atoms with van der Waals surface area (Å²) in [6, 6.07) is 9.56. The Morgan fingerprint density at radius 2 is 1.86 bits per heavy atom. The van der Waals surface area contributed by atoms with Gasteiger partial charge in [-0.25, -0.2) is 4.79 Å². The molecule has 1 heterocycles. The highest BCUT2D eigenvalue weighted by molar-refractivity contribution is 5.85. The minimum atomic E-state index is -0.191. The zero-order chi connectivity index (χ0) is 15.5. The van der Waals surface area contributed by atoms with Crippen molar-refractivity contribution in [3.05, 3.63) is 35.9 Å². The molecule has 1 aromatic rings. The number of urea groups is 1. The smallest absolute Gasteiger partial charge is 0.318 e. The second-order valence-electron chi connectivity index (χ2n) is 6.28. The highest BCUT2D eigenvalue weighted by Gasteiger charge is 2.33. The third kappa shape index (κ3) is 3.97. The van der Waals surface area contributed by atoms with Crippen LogP contribution >= 0.6 is 0 Å². The van der Waals surface area contributed by atoms with Crippen LogP contribution in [-0.2, 0) is 11.3 Å². The molecule has 1 aliphatic rings. The fourth-order valence-corrected chi connectivity index (χ4v) is 2.44. The summed E-state index contributed by atoms with van der Waals surface area (Å²) in [7, 11) is 0. The van der Waals surface area contributed by atoms with Crippen molar-refractivity contribution in [2.24, 2.45) is 0 Å². The number of hydrogen-bond donors (Lipinski definition) is 1. The van der Waals surface area contributed by atoms with Gasteiger partial charge in [0.25, 0.3) is 0 Å². The summed E-state index contributed by atoms with van der Waals surface area (Å²) in [6.07, 6.45) is 0. The molecular formula is C16H23N3O2. The number of carbonyl (C=O) groups is 2. The van der Waals surface area contributed by atoms with Crippen molar-refractivity contribution in [3.8, 4) is 0 Å². The monoisotopic (exact) mass is 289 g/mol. The average Bonchev–Trinajstić information content (AvgIpc) is 2.44. The van der Waals surface area contributed by atoms with Crippen LogP contribution in [0, 0.1) is 0 Å². The van der Waals surface area contributed by atoms with E-state index in [1.807, 2.05) is 56.0 Å². The quantitative estimate of drug-likeness (QED) is 0.903. The first-order chi connectivity index (χ1) is 9.88. The predicted octanol–water partition coefficient (Wildman–Crippen LogP) is 1.84. The molecule has 1 N–H and O–H groups in total. The van der Waals surface area contributed by atoms with Gasteiger partial charge >= 0.3 is 6.03 Å². The van der Waals surface area contributed by atoms with Crippen LogP contribution in [0.4, 0.5) is 4.79 Å². The fourth-order valence-electron chi connectivity index (χ4n) is 2.44. The minimum Gasteiger partial charge on any atom is -0.335 e. The molecule has 0 bridgehead atoms. The lowest BCUT2D eigenvalue weighted by atomic mass is 10.0. The van der Waals surface area contributed by atoms with Gasteiger partial charge in [0.05, 0.1) is 0 Å². The Balaban J connectivity index is 1.86. The van der Waals surface area contributed by atoms with Gasteiger partial charge in [0.2, 0.25) is 5.91 Å². The van der Waals surface area contributed by atoms with Crippen LogP contribution in [0.2, 0.25) is 0 Å². The van der Waals surface area contributed by atoms with Crippen LogP contribution in [0.5, 0.6) is 0 Å². The van der Waals surface area contributed by atoms with Crippen LogP contribution in [0.3, 0.4) is 0 Å². The van der Waals surface area contributed by atoms with Crippen LogP contribution in [0.1, 0.15) is 26.3 Å². The van der Waals surface area contributed by atoms with Crippen LogP contribution in [0.25, 0.3) is 0 Å². The highest BCUT2D eigenvalue weighted by atomic mass is 16.2. The fraction of sp³-hybridized carbons (Fsp3) is 0.500. The minimum absolute atomic E-state index is 0.00334. The third-order valence-corrected chi connectivity index (χ3v) is 3.60. The van der Waals surface area contributed by atoms with Crippen LogP contribution < -0.4 is 5.32 Å². The molecule has 0 unspecified atom stereocenters. The summed E-state index contributed by atoms with van der Waals surface area (Å²) in [4.78, 5) is 27.7. The summed E-state index contributed by atoms with van der Waals surface area (Å²) >= 11 is 0. The first-order valence-electron chi connectivity index (χ1n) is 7.25. The second-order valence-corrected chi connectivity index (χ2v) is 6.28. The van der Waals surface area contributed by atoms with E-state index in [9.17, 15) is 9.59 Å². The molecule has 5 nitrogen and oxygen atoms in total. The van der Waals surface area contributed by atoms with Crippen LogP contribution in [0.15, 0.2) is 30.3 Å². The Hall–Kier alpha value is -2.04. The van der Waals surface area contributed by atoms with Gasteiger partial charge in [-0.2, -0.15) is 0 Å². The molecule has 114 valence electrons. The number of carbonyl (C=O) groups excluding carboxylic acids is 2. The van der Waals surface area contributed by atoms with Crippen LogP contribution in [-0.4, -0.2) is 46.9 Å². The average molecular weight is 289 g/mol. The van der Waals surface area contributed by atoms with Crippen molar-refractivity contribution in [2.45, 2.75) is 32.9 Å². The Morgan fingerprint density at radius 1 is 1.19 bits per heavy atom. The zero-order valence-electron chi connectivity index (χ0n) is 12.9. The molecule has 1 saturated heterocycles. The lowest BCUT2D eigenvalue weighted by Gasteiger charge is -2.41. The van der Waals surface area contributed by atoms with Crippen molar-refractivity contribution in [1.29, 1.82) is 0 Å². The standard InChI is InChI=1S/C16H23N3O2/c1-16(2,3)19-10-9-18(12-14(19)20)15(21)17-11-13-7-5-4-6-8-13/h4-8H,9-12H2,1-3H3,(H,17,21). The van der Waals surface area contributed by atoms with Gasteiger partial charge in [-0.15, -0.1) is 0 Å². The molecule has 5 heteroatoms. The second kappa shape index (κ2) is 6.16. The van der Waals surface area contributed by atoms with E-state index in [4.69, 9.17) is 0 Å². The zero-order valence-corrected chi connectivity index (χ0v) is 12.9. The van der Waals surface area contributed by atoms with Gasteiger partial charge in [0.15, 0.2) is 0 Å². The molecule has 3 amide bonds. The number of nitrogens with one attached hydrogen (secondary N) is 1. The molecule has 0 radical (unpaired) electrons. The largest absolute Gasteiger partial charge is 0.335 e. The van der Waals surface area contributed by atoms with Gasteiger partial charge < -0.3 is 15.1 Å². The Bertz CT molecular complexity index is 508.